The van der Waals surface area contributed by atoms with Gasteiger partial charge in [-0.15, -0.1) is 0 Å². The summed E-state index contributed by atoms with van der Waals surface area (Å²) in [5.41, 5.74) is 1.73. The maximum Gasteiger partial charge on any atom is 0.242 e. The van der Waals surface area contributed by atoms with E-state index in [2.05, 4.69) is 10.6 Å². The van der Waals surface area contributed by atoms with Crippen molar-refractivity contribution in [3.8, 4) is 17.2 Å². The minimum absolute atomic E-state index is 0.155. The summed E-state index contributed by atoms with van der Waals surface area (Å²) in [6.07, 6.45) is -5.56. The molecule has 15 nitrogen and oxygen atoms in total. The van der Waals surface area contributed by atoms with E-state index in [1.165, 1.54) is 32.0 Å². The molecule has 0 unspecified atom stereocenters. The van der Waals surface area contributed by atoms with E-state index in [0.717, 1.165) is 6.92 Å². The average molecular weight is 698 g/mol. The molecule has 2 aromatic rings. The van der Waals surface area contributed by atoms with Crippen molar-refractivity contribution in [2.45, 2.75) is 109 Å². The monoisotopic (exact) mass is 697 g/mol. The highest BCUT2D eigenvalue weighted by atomic mass is 16.7. The Morgan fingerprint density at radius 3 is 2.34 bits per heavy atom. The van der Waals surface area contributed by atoms with Crippen LogP contribution in [0.5, 0.6) is 17.2 Å². The zero-order valence-electron chi connectivity index (χ0n) is 28.4. The number of fused-ring (bicyclic) bond motifs is 3. The second kappa shape index (κ2) is 13.7. The van der Waals surface area contributed by atoms with Gasteiger partial charge in [0, 0.05) is 36.0 Å². The number of aromatic hydroxyl groups is 3. The molecule has 1 aliphatic heterocycles. The lowest BCUT2D eigenvalue weighted by Gasteiger charge is -2.43. The lowest BCUT2D eigenvalue weighted by Crippen LogP contribution is -2.59. The molecule has 1 heterocycles. The Morgan fingerprint density at radius 1 is 1.04 bits per heavy atom. The third-order valence-electron chi connectivity index (χ3n) is 9.69. The number of Topliss-reactive ketones (excluding diaryl/α,β-unsaturated/α-hetero) is 1. The number of phenols is 3. The van der Waals surface area contributed by atoms with Crippen molar-refractivity contribution in [1.82, 2.24) is 10.6 Å². The molecule has 2 amide bonds. The number of benzene rings is 2. The van der Waals surface area contributed by atoms with Crippen LogP contribution in [0.25, 0.3) is 0 Å². The highest BCUT2D eigenvalue weighted by Crippen LogP contribution is 2.52. The van der Waals surface area contributed by atoms with Gasteiger partial charge in [0.15, 0.2) is 17.9 Å². The number of nitrogens with one attached hydrogen (secondary N) is 2. The lowest BCUT2D eigenvalue weighted by molar-refractivity contribution is -0.249. The Labute approximate surface area is 287 Å². The molecule has 9 N–H and O–H groups in total. The molecule has 270 valence electrons. The first-order valence-electron chi connectivity index (χ1n) is 16.5. The summed E-state index contributed by atoms with van der Waals surface area (Å²) in [6.45, 7) is 7.92. The molecule has 1 saturated heterocycles. The quantitative estimate of drug-likeness (QED) is 0.144. The van der Waals surface area contributed by atoms with Crippen LogP contribution < -0.4 is 16.4 Å². The third kappa shape index (κ3) is 6.58. The van der Waals surface area contributed by atoms with E-state index in [9.17, 15) is 49.5 Å². The summed E-state index contributed by atoms with van der Waals surface area (Å²) in [6, 6.07) is 1.02. The Balaban J connectivity index is 1.45. The Morgan fingerprint density at radius 2 is 1.70 bits per heavy atom. The number of amides is 2. The molecule has 1 fully saturated rings. The molecule has 0 aromatic heterocycles. The fourth-order valence-electron chi connectivity index (χ4n) is 6.92. The van der Waals surface area contributed by atoms with E-state index in [0.29, 0.717) is 6.42 Å². The van der Waals surface area contributed by atoms with Crippen molar-refractivity contribution in [3.63, 3.8) is 0 Å². The van der Waals surface area contributed by atoms with E-state index in [-0.39, 0.29) is 34.6 Å². The van der Waals surface area contributed by atoms with E-state index in [4.69, 9.17) is 15.2 Å². The van der Waals surface area contributed by atoms with Gasteiger partial charge >= 0.3 is 0 Å². The number of aliphatic hydroxyl groups excluding tert-OH is 1. The van der Waals surface area contributed by atoms with Crippen LogP contribution in [0.15, 0.2) is 18.2 Å². The Hall–Kier alpha value is -4.41. The molecule has 50 heavy (non-hydrogen) atoms. The number of carbonyl (C=O) groups is 5. The van der Waals surface area contributed by atoms with E-state index >= 15 is 0 Å². The molecule has 2 aromatic carbocycles. The number of hydrogen-bond donors (Lipinski definition) is 8. The summed E-state index contributed by atoms with van der Waals surface area (Å²) < 4.78 is 12.1. The van der Waals surface area contributed by atoms with Gasteiger partial charge in [-0.1, -0.05) is 26.0 Å². The van der Waals surface area contributed by atoms with Gasteiger partial charge in [0.25, 0.3) is 0 Å². The lowest BCUT2D eigenvalue weighted by atomic mass is 9.72. The molecule has 8 atom stereocenters. The van der Waals surface area contributed by atoms with Crippen LogP contribution in [-0.2, 0) is 30.3 Å². The van der Waals surface area contributed by atoms with Crippen LogP contribution in [0.4, 0.5) is 0 Å². The first kappa shape index (κ1) is 36.9. The van der Waals surface area contributed by atoms with E-state index in [1.807, 2.05) is 13.8 Å². The van der Waals surface area contributed by atoms with Crippen LogP contribution in [0, 0.1) is 5.92 Å². The molecule has 0 spiro atoms. The molecule has 5 rings (SSSR count). The number of hydrogen-bond acceptors (Lipinski definition) is 13. The smallest absolute Gasteiger partial charge is 0.242 e. The van der Waals surface area contributed by atoms with Gasteiger partial charge in [0.2, 0.25) is 17.6 Å². The van der Waals surface area contributed by atoms with Crippen molar-refractivity contribution < 1.29 is 59.0 Å². The average Bonchev–Trinajstić information content (AvgIpc) is 3.03. The number of ketones is 3. The first-order chi connectivity index (χ1) is 23.4. The summed E-state index contributed by atoms with van der Waals surface area (Å²) >= 11 is 0. The SMILES string of the molecule is CC(=O)[C@]1(O)Cc2c(O)c3c(c(O)c2[C@@H](O[C@H]2C[C@H](NC(=O)[C@H](C)NC(=O)[C@@H](N)CC(C)C)[C@H](O)[C@H](C)O2)C1)C(=O)c1c(O)cccc1C3=O. The van der Waals surface area contributed by atoms with Gasteiger partial charge < -0.3 is 51.4 Å². The van der Waals surface area contributed by atoms with Gasteiger partial charge in [-0.2, -0.15) is 0 Å². The fraction of sp³-hybridized carbons (Fsp3) is 0.514. The summed E-state index contributed by atoms with van der Waals surface area (Å²) in [5.74, 6) is -5.47. The van der Waals surface area contributed by atoms with Gasteiger partial charge in [-0.05, 0) is 39.2 Å². The molecule has 0 radical (unpaired) electrons. The fourth-order valence-corrected chi connectivity index (χ4v) is 6.92. The van der Waals surface area contributed by atoms with Crippen molar-refractivity contribution in [2.24, 2.45) is 11.7 Å². The van der Waals surface area contributed by atoms with Crippen molar-refractivity contribution >= 4 is 29.2 Å². The van der Waals surface area contributed by atoms with Gasteiger partial charge in [-0.3, -0.25) is 24.0 Å². The van der Waals surface area contributed by atoms with Gasteiger partial charge in [0.05, 0.1) is 41.0 Å². The maximum absolute atomic E-state index is 13.6. The minimum atomic E-state index is -2.13. The maximum atomic E-state index is 13.6. The van der Waals surface area contributed by atoms with E-state index in [1.54, 1.807) is 0 Å². The number of ether oxygens (including phenoxy) is 2. The van der Waals surface area contributed by atoms with Crippen molar-refractivity contribution in [2.75, 3.05) is 0 Å². The highest BCUT2D eigenvalue weighted by Gasteiger charge is 2.49. The summed E-state index contributed by atoms with van der Waals surface area (Å²) in [4.78, 5) is 65.5. The number of aliphatic hydroxyl groups is 2. The third-order valence-corrected chi connectivity index (χ3v) is 9.69. The number of rotatable bonds is 9. The first-order valence-corrected chi connectivity index (χ1v) is 16.5. The van der Waals surface area contributed by atoms with Gasteiger partial charge in [-0.25, -0.2) is 0 Å². The molecular weight excluding hydrogens is 654 g/mol. The highest BCUT2D eigenvalue weighted by molar-refractivity contribution is 6.31. The Bertz CT molecular complexity index is 1760. The Kier molecular flexibility index (Phi) is 10.1. The summed E-state index contributed by atoms with van der Waals surface area (Å²) in [7, 11) is 0. The van der Waals surface area contributed by atoms with Crippen LogP contribution >= 0.6 is 0 Å². The summed E-state index contributed by atoms with van der Waals surface area (Å²) in [5, 5.41) is 61.1. The zero-order chi connectivity index (χ0) is 37.0. The minimum Gasteiger partial charge on any atom is -0.507 e. The molecule has 3 aliphatic rings. The standard InChI is InChI=1S/C35H43N3O12/c1-13(2)9-19(36)34(47)37-14(3)33(46)38-20-10-23(49-15(4)28(20)41)50-22-12-35(48,16(5)39)11-18-25(22)32(45)27-26(30(18)43)29(42)17-7-6-8-21(40)24(17)31(27)44/h6-8,13-15,19-20,22-23,28,40-41,43,45,48H,9-12,36H2,1-5H3,(H,37,47)(H,38,46)/t14-,15-,19-,20-,22-,23-,28+,35-/m0/s1. The second-order valence-corrected chi connectivity index (χ2v) is 13.9. The van der Waals surface area contributed by atoms with Crippen LogP contribution in [0.2, 0.25) is 0 Å². The van der Waals surface area contributed by atoms with Crippen molar-refractivity contribution in [1.29, 1.82) is 0 Å². The predicted octanol–water partition coefficient (Wildman–Crippen LogP) is 0.762. The van der Waals surface area contributed by atoms with E-state index < -0.39 is 119 Å². The normalized spacial score (nSPS) is 27.1. The zero-order valence-corrected chi connectivity index (χ0v) is 28.4. The molecular formula is C35H43N3O12. The molecule has 15 heteroatoms. The second-order valence-electron chi connectivity index (χ2n) is 13.9. The number of carbonyl (C=O) groups excluding carboxylic acids is 5. The van der Waals surface area contributed by atoms with Crippen molar-refractivity contribution in [3.05, 3.63) is 51.6 Å². The van der Waals surface area contributed by atoms with Crippen LogP contribution in [-0.4, -0.2) is 96.9 Å². The molecule has 2 aliphatic carbocycles. The van der Waals surface area contributed by atoms with Crippen LogP contribution in [0.3, 0.4) is 0 Å². The number of nitrogens with two attached hydrogens (primary N) is 1. The predicted molar refractivity (Wildman–Crippen MR) is 174 cm³/mol. The van der Waals surface area contributed by atoms with Gasteiger partial charge in [0.1, 0.15) is 35.0 Å². The number of phenolic OH excluding ortho intramolecular Hbond substituents is 3. The van der Waals surface area contributed by atoms with Crippen LogP contribution in [0.1, 0.15) is 103 Å². The topological polar surface area (TPSA) is 255 Å². The molecule has 0 saturated carbocycles. The largest absolute Gasteiger partial charge is 0.507 e. The molecule has 0 bridgehead atoms.